The third-order valence-corrected chi connectivity index (χ3v) is 5.15. The molecule has 0 saturated carbocycles. The number of carbonyl (C=O) groups excluding carboxylic acids is 3. The SMILES string of the molecule is Cn1nc(CNC(=O)CCCN2C(=O)c3ccccc3C2=O)c2ccccc2c1=O. The summed E-state index contributed by atoms with van der Waals surface area (Å²) < 4.78 is 1.26. The summed E-state index contributed by atoms with van der Waals surface area (Å²) in [5, 5.41) is 8.30. The molecule has 1 aliphatic rings. The molecule has 0 aliphatic carbocycles. The molecule has 0 spiro atoms. The summed E-state index contributed by atoms with van der Waals surface area (Å²) in [5.41, 5.74) is 1.21. The zero-order valence-electron chi connectivity index (χ0n) is 16.4. The Kier molecular flexibility index (Phi) is 5.14. The van der Waals surface area contributed by atoms with Crippen molar-refractivity contribution in [3.05, 3.63) is 75.7 Å². The van der Waals surface area contributed by atoms with Gasteiger partial charge in [0.1, 0.15) is 0 Å². The second-order valence-corrected chi connectivity index (χ2v) is 7.11. The van der Waals surface area contributed by atoms with E-state index in [1.54, 1.807) is 49.5 Å². The van der Waals surface area contributed by atoms with Gasteiger partial charge in [-0.2, -0.15) is 5.10 Å². The van der Waals surface area contributed by atoms with Gasteiger partial charge in [-0.25, -0.2) is 4.68 Å². The Morgan fingerprint density at radius 3 is 2.20 bits per heavy atom. The molecule has 8 heteroatoms. The van der Waals surface area contributed by atoms with E-state index in [2.05, 4.69) is 10.4 Å². The molecule has 1 aliphatic heterocycles. The maximum Gasteiger partial charge on any atom is 0.274 e. The quantitative estimate of drug-likeness (QED) is 0.629. The van der Waals surface area contributed by atoms with E-state index in [9.17, 15) is 19.2 Å². The molecule has 1 aromatic heterocycles. The zero-order chi connectivity index (χ0) is 21.3. The number of aryl methyl sites for hydroxylation is 1. The maximum absolute atomic E-state index is 12.3. The van der Waals surface area contributed by atoms with Crippen molar-refractivity contribution >= 4 is 28.5 Å². The van der Waals surface area contributed by atoms with Crippen LogP contribution in [0.4, 0.5) is 0 Å². The van der Waals surface area contributed by atoms with Crippen molar-refractivity contribution in [1.82, 2.24) is 20.0 Å². The van der Waals surface area contributed by atoms with Gasteiger partial charge in [-0.3, -0.25) is 24.1 Å². The third-order valence-electron chi connectivity index (χ3n) is 5.15. The van der Waals surface area contributed by atoms with E-state index in [0.29, 0.717) is 34.0 Å². The fourth-order valence-corrected chi connectivity index (χ4v) is 3.62. The highest BCUT2D eigenvalue weighted by atomic mass is 16.2. The van der Waals surface area contributed by atoms with Crippen molar-refractivity contribution in [2.75, 3.05) is 6.54 Å². The Morgan fingerprint density at radius 1 is 0.933 bits per heavy atom. The topological polar surface area (TPSA) is 101 Å². The zero-order valence-corrected chi connectivity index (χ0v) is 16.4. The van der Waals surface area contributed by atoms with E-state index in [-0.39, 0.29) is 42.8 Å². The van der Waals surface area contributed by atoms with Crippen LogP contribution in [0.3, 0.4) is 0 Å². The average molecular weight is 404 g/mol. The van der Waals surface area contributed by atoms with Gasteiger partial charge in [0.15, 0.2) is 0 Å². The van der Waals surface area contributed by atoms with E-state index in [0.717, 1.165) is 0 Å². The van der Waals surface area contributed by atoms with Crippen molar-refractivity contribution < 1.29 is 14.4 Å². The average Bonchev–Trinajstić information content (AvgIpc) is 3.00. The van der Waals surface area contributed by atoms with Crippen LogP contribution >= 0.6 is 0 Å². The number of amides is 3. The molecule has 4 rings (SSSR count). The summed E-state index contributed by atoms with van der Waals surface area (Å²) in [6, 6.07) is 13.8. The molecule has 8 nitrogen and oxygen atoms in total. The van der Waals surface area contributed by atoms with Crippen LogP contribution in [0, 0.1) is 0 Å². The van der Waals surface area contributed by atoms with E-state index >= 15 is 0 Å². The van der Waals surface area contributed by atoms with Gasteiger partial charge in [0.05, 0.1) is 28.8 Å². The van der Waals surface area contributed by atoms with Crippen LogP contribution in [0.5, 0.6) is 0 Å². The third kappa shape index (κ3) is 3.47. The van der Waals surface area contributed by atoms with Crippen LogP contribution < -0.4 is 10.9 Å². The van der Waals surface area contributed by atoms with Crippen molar-refractivity contribution in [3.8, 4) is 0 Å². The smallest absolute Gasteiger partial charge is 0.274 e. The van der Waals surface area contributed by atoms with Gasteiger partial charge >= 0.3 is 0 Å². The van der Waals surface area contributed by atoms with E-state index < -0.39 is 0 Å². The minimum absolute atomic E-state index is 0.164. The summed E-state index contributed by atoms with van der Waals surface area (Å²) in [6.45, 7) is 0.362. The number of nitrogens with one attached hydrogen (secondary N) is 1. The van der Waals surface area contributed by atoms with Gasteiger partial charge in [0.25, 0.3) is 17.4 Å². The van der Waals surface area contributed by atoms with E-state index in [1.165, 1.54) is 9.58 Å². The lowest BCUT2D eigenvalue weighted by Crippen LogP contribution is -2.32. The molecular formula is C22H20N4O4. The highest BCUT2D eigenvalue weighted by molar-refractivity contribution is 6.21. The summed E-state index contributed by atoms with van der Waals surface area (Å²) in [4.78, 5) is 50.3. The first kappa shape index (κ1) is 19.5. The van der Waals surface area contributed by atoms with Crippen LogP contribution in [0.25, 0.3) is 10.8 Å². The monoisotopic (exact) mass is 404 g/mol. The summed E-state index contributed by atoms with van der Waals surface area (Å²) in [5.74, 6) is -0.861. The number of aromatic nitrogens is 2. The molecular weight excluding hydrogens is 384 g/mol. The van der Waals surface area contributed by atoms with Crippen LogP contribution in [0.1, 0.15) is 39.3 Å². The van der Waals surface area contributed by atoms with Gasteiger partial charge in [0.2, 0.25) is 5.91 Å². The molecule has 0 atom stereocenters. The molecule has 2 heterocycles. The predicted molar refractivity (Wildman–Crippen MR) is 110 cm³/mol. The van der Waals surface area contributed by atoms with Crippen LogP contribution in [-0.4, -0.2) is 38.9 Å². The van der Waals surface area contributed by atoms with Crippen molar-refractivity contribution in [2.45, 2.75) is 19.4 Å². The second-order valence-electron chi connectivity index (χ2n) is 7.11. The number of carbonyl (C=O) groups is 3. The summed E-state index contributed by atoms with van der Waals surface area (Å²) in [6.07, 6.45) is 0.524. The molecule has 0 saturated heterocycles. The molecule has 0 bridgehead atoms. The highest BCUT2D eigenvalue weighted by Gasteiger charge is 2.34. The molecule has 2 aromatic carbocycles. The Labute approximate surface area is 172 Å². The Balaban J connectivity index is 1.34. The first-order chi connectivity index (χ1) is 14.5. The van der Waals surface area contributed by atoms with Gasteiger partial charge < -0.3 is 5.32 Å². The Bertz CT molecular complexity index is 1200. The number of rotatable bonds is 6. The highest BCUT2D eigenvalue weighted by Crippen LogP contribution is 2.22. The number of hydrogen-bond donors (Lipinski definition) is 1. The van der Waals surface area contributed by atoms with E-state index in [1.807, 2.05) is 6.07 Å². The molecule has 152 valence electrons. The normalized spacial score (nSPS) is 13.0. The Hall–Kier alpha value is -3.81. The van der Waals surface area contributed by atoms with E-state index in [4.69, 9.17) is 0 Å². The van der Waals surface area contributed by atoms with Crippen LogP contribution in [0.15, 0.2) is 53.3 Å². The van der Waals surface area contributed by atoms with Gasteiger partial charge in [-0.1, -0.05) is 30.3 Å². The maximum atomic E-state index is 12.3. The molecule has 30 heavy (non-hydrogen) atoms. The lowest BCUT2D eigenvalue weighted by molar-refractivity contribution is -0.121. The molecule has 3 aromatic rings. The largest absolute Gasteiger partial charge is 0.350 e. The van der Waals surface area contributed by atoms with Crippen molar-refractivity contribution in [3.63, 3.8) is 0 Å². The van der Waals surface area contributed by atoms with Crippen molar-refractivity contribution in [1.29, 1.82) is 0 Å². The van der Waals surface area contributed by atoms with Crippen LogP contribution in [0.2, 0.25) is 0 Å². The number of hydrogen-bond acceptors (Lipinski definition) is 5. The molecule has 3 amide bonds. The number of fused-ring (bicyclic) bond motifs is 2. The lowest BCUT2D eigenvalue weighted by atomic mass is 10.1. The molecule has 1 N–H and O–H groups in total. The van der Waals surface area contributed by atoms with Crippen molar-refractivity contribution in [2.24, 2.45) is 7.05 Å². The minimum Gasteiger partial charge on any atom is -0.350 e. The molecule has 0 unspecified atom stereocenters. The second kappa shape index (κ2) is 7.90. The summed E-state index contributed by atoms with van der Waals surface area (Å²) >= 11 is 0. The van der Waals surface area contributed by atoms with Crippen LogP contribution in [-0.2, 0) is 18.4 Å². The standard InChI is InChI=1S/C22H20N4O4/c1-25-20(28)15-8-3-2-7-14(15)18(24-25)13-23-19(27)11-6-12-26-21(29)16-9-4-5-10-17(16)22(26)30/h2-5,7-10H,6,11-13H2,1H3,(H,23,27). The van der Waals surface area contributed by atoms with Gasteiger partial charge in [-0.05, 0) is 24.6 Å². The number of benzene rings is 2. The molecule has 0 fully saturated rings. The number of nitrogens with zero attached hydrogens (tertiary/aromatic N) is 3. The summed E-state index contributed by atoms with van der Waals surface area (Å²) in [7, 11) is 1.57. The Morgan fingerprint density at radius 2 is 1.53 bits per heavy atom. The first-order valence-corrected chi connectivity index (χ1v) is 9.64. The fraction of sp³-hybridized carbons (Fsp3) is 0.227. The lowest BCUT2D eigenvalue weighted by Gasteiger charge is -2.13. The predicted octanol–water partition coefficient (Wildman–Crippen LogP) is 1.63. The first-order valence-electron chi connectivity index (χ1n) is 9.64. The number of imide groups is 1. The van der Waals surface area contributed by atoms with Gasteiger partial charge in [-0.15, -0.1) is 0 Å². The minimum atomic E-state index is -0.322. The fourth-order valence-electron chi connectivity index (χ4n) is 3.62. The van der Waals surface area contributed by atoms with Gasteiger partial charge in [0, 0.05) is 25.4 Å². The molecule has 0 radical (unpaired) electrons.